The first kappa shape index (κ1) is 20.1. The van der Waals surface area contributed by atoms with Crippen molar-refractivity contribution in [1.29, 1.82) is 0 Å². The summed E-state index contributed by atoms with van der Waals surface area (Å²) in [6, 6.07) is 14.5. The Bertz CT molecular complexity index is 844. The SMILES string of the molecule is Cc1cccc(CNC(=O)CCc2ccc(S(=O)(=O)NC(C)C)cc2)c1. The van der Waals surface area contributed by atoms with Gasteiger partial charge in [0.25, 0.3) is 0 Å². The summed E-state index contributed by atoms with van der Waals surface area (Å²) in [7, 11) is -3.48. The minimum absolute atomic E-state index is 0.0234. The summed E-state index contributed by atoms with van der Waals surface area (Å²) in [5.74, 6) is -0.0234. The monoisotopic (exact) mass is 374 g/mol. The maximum absolute atomic E-state index is 12.1. The number of hydrogen-bond acceptors (Lipinski definition) is 3. The van der Waals surface area contributed by atoms with Crippen molar-refractivity contribution < 1.29 is 13.2 Å². The molecule has 2 aromatic carbocycles. The average Bonchev–Trinajstić information content (AvgIpc) is 2.57. The highest BCUT2D eigenvalue weighted by atomic mass is 32.2. The van der Waals surface area contributed by atoms with Crippen LogP contribution in [-0.2, 0) is 27.8 Å². The minimum atomic E-state index is -3.48. The predicted molar refractivity (Wildman–Crippen MR) is 103 cm³/mol. The Kier molecular flexibility index (Phi) is 6.94. The fourth-order valence-electron chi connectivity index (χ4n) is 2.58. The Morgan fingerprint density at radius 1 is 1.04 bits per heavy atom. The van der Waals surface area contributed by atoms with Crippen molar-refractivity contribution in [3.63, 3.8) is 0 Å². The highest BCUT2D eigenvalue weighted by Crippen LogP contribution is 2.12. The van der Waals surface area contributed by atoms with Gasteiger partial charge in [0, 0.05) is 19.0 Å². The lowest BCUT2D eigenvalue weighted by Gasteiger charge is -2.10. The van der Waals surface area contributed by atoms with Crippen LogP contribution in [0.5, 0.6) is 0 Å². The van der Waals surface area contributed by atoms with Crippen LogP contribution in [0.3, 0.4) is 0 Å². The molecular weight excluding hydrogens is 348 g/mol. The lowest BCUT2D eigenvalue weighted by molar-refractivity contribution is -0.121. The van der Waals surface area contributed by atoms with E-state index in [9.17, 15) is 13.2 Å². The van der Waals surface area contributed by atoms with Gasteiger partial charge in [-0.15, -0.1) is 0 Å². The molecule has 0 aliphatic heterocycles. The molecule has 0 spiro atoms. The van der Waals surface area contributed by atoms with Gasteiger partial charge in [0.15, 0.2) is 0 Å². The van der Waals surface area contributed by atoms with E-state index in [1.54, 1.807) is 38.1 Å². The number of aryl methyl sites for hydroxylation is 2. The normalized spacial score (nSPS) is 11.5. The number of benzene rings is 2. The molecule has 0 radical (unpaired) electrons. The summed E-state index contributed by atoms with van der Waals surface area (Å²) in [5, 5.41) is 2.91. The quantitative estimate of drug-likeness (QED) is 0.746. The van der Waals surface area contributed by atoms with Gasteiger partial charge in [-0.3, -0.25) is 4.79 Å². The van der Waals surface area contributed by atoms with E-state index in [1.165, 1.54) is 5.56 Å². The van der Waals surface area contributed by atoms with Crippen molar-refractivity contribution in [3.8, 4) is 0 Å². The fourth-order valence-corrected chi connectivity index (χ4v) is 3.83. The molecular formula is C20H26N2O3S. The number of carbonyl (C=O) groups excluding carboxylic acids is 1. The van der Waals surface area contributed by atoms with Crippen LogP contribution in [0, 0.1) is 6.92 Å². The molecule has 0 heterocycles. The molecule has 1 amide bonds. The van der Waals surface area contributed by atoms with Crippen LogP contribution >= 0.6 is 0 Å². The van der Waals surface area contributed by atoms with Crippen molar-refractivity contribution in [1.82, 2.24) is 10.0 Å². The zero-order valence-electron chi connectivity index (χ0n) is 15.5. The van der Waals surface area contributed by atoms with Crippen molar-refractivity contribution in [3.05, 3.63) is 65.2 Å². The van der Waals surface area contributed by atoms with Gasteiger partial charge < -0.3 is 5.32 Å². The minimum Gasteiger partial charge on any atom is -0.352 e. The van der Waals surface area contributed by atoms with Gasteiger partial charge in [-0.2, -0.15) is 0 Å². The Morgan fingerprint density at radius 2 is 1.73 bits per heavy atom. The van der Waals surface area contributed by atoms with E-state index in [2.05, 4.69) is 10.0 Å². The molecule has 0 atom stereocenters. The summed E-state index contributed by atoms with van der Waals surface area (Å²) < 4.78 is 26.7. The van der Waals surface area contributed by atoms with E-state index in [4.69, 9.17) is 0 Å². The maximum atomic E-state index is 12.1. The molecule has 26 heavy (non-hydrogen) atoms. The Morgan fingerprint density at radius 3 is 2.35 bits per heavy atom. The molecule has 0 unspecified atom stereocenters. The van der Waals surface area contributed by atoms with E-state index in [-0.39, 0.29) is 16.8 Å². The molecule has 2 rings (SSSR count). The van der Waals surface area contributed by atoms with Crippen molar-refractivity contribution >= 4 is 15.9 Å². The third kappa shape index (κ3) is 6.28. The third-order valence-electron chi connectivity index (χ3n) is 3.84. The number of carbonyl (C=O) groups is 1. The van der Waals surface area contributed by atoms with Crippen LogP contribution in [0.1, 0.15) is 37.0 Å². The first-order valence-electron chi connectivity index (χ1n) is 8.70. The van der Waals surface area contributed by atoms with E-state index < -0.39 is 10.0 Å². The third-order valence-corrected chi connectivity index (χ3v) is 5.51. The number of amides is 1. The number of nitrogens with one attached hydrogen (secondary N) is 2. The molecule has 5 nitrogen and oxygen atoms in total. The molecule has 140 valence electrons. The van der Waals surface area contributed by atoms with Gasteiger partial charge in [0.05, 0.1) is 4.90 Å². The van der Waals surface area contributed by atoms with Crippen molar-refractivity contribution in [2.45, 2.75) is 51.1 Å². The van der Waals surface area contributed by atoms with Gasteiger partial charge in [-0.1, -0.05) is 42.0 Å². The van der Waals surface area contributed by atoms with Crippen LogP contribution in [0.4, 0.5) is 0 Å². The molecule has 0 aliphatic rings. The molecule has 2 aromatic rings. The summed E-state index contributed by atoms with van der Waals surface area (Å²) in [4.78, 5) is 12.2. The lowest BCUT2D eigenvalue weighted by Crippen LogP contribution is -2.30. The first-order valence-corrected chi connectivity index (χ1v) is 10.2. The highest BCUT2D eigenvalue weighted by molar-refractivity contribution is 7.89. The second kappa shape index (κ2) is 8.96. The number of sulfonamides is 1. The van der Waals surface area contributed by atoms with Gasteiger partial charge in [0.1, 0.15) is 0 Å². The van der Waals surface area contributed by atoms with Gasteiger partial charge in [0.2, 0.25) is 15.9 Å². The lowest BCUT2D eigenvalue weighted by atomic mass is 10.1. The molecule has 6 heteroatoms. The second-order valence-electron chi connectivity index (χ2n) is 6.69. The number of rotatable bonds is 8. The van der Waals surface area contributed by atoms with Gasteiger partial charge in [-0.25, -0.2) is 13.1 Å². The number of hydrogen-bond donors (Lipinski definition) is 2. The topological polar surface area (TPSA) is 75.3 Å². The molecule has 0 saturated heterocycles. The largest absolute Gasteiger partial charge is 0.352 e. The van der Waals surface area contributed by atoms with Gasteiger partial charge in [-0.05, 0) is 50.5 Å². The second-order valence-corrected chi connectivity index (χ2v) is 8.40. The molecule has 0 aliphatic carbocycles. The molecule has 2 N–H and O–H groups in total. The zero-order chi connectivity index (χ0) is 19.2. The van der Waals surface area contributed by atoms with Gasteiger partial charge >= 0.3 is 0 Å². The van der Waals surface area contributed by atoms with Crippen LogP contribution < -0.4 is 10.0 Å². The first-order chi connectivity index (χ1) is 12.3. The molecule has 0 fully saturated rings. The molecule has 0 saturated carbocycles. The summed E-state index contributed by atoms with van der Waals surface area (Å²) in [5.41, 5.74) is 3.17. The van der Waals surface area contributed by atoms with Crippen LogP contribution in [0.2, 0.25) is 0 Å². The van der Waals surface area contributed by atoms with E-state index in [0.717, 1.165) is 11.1 Å². The Hall–Kier alpha value is -2.18. The molecule has 0 aromatic heterocycles. The van der Waals surface area contributed by atoms with Crippen molar-refractivity contribution in [2.24, 2.45) is 0 Å². The van der Waals surface area contributed by atoms with E-state index >= 15 is 0 Å². The standard InChI is InChI=1S/C20H26N2O3S/c1-15(2)22-26(24,25)19-10-7-17(8-11-19)9-12-20(23)21-14-18-6-4-5-16(3)13-18/h4-8,10-11,13,15,22H,9,12,14H2,1-3H3,(H,21,23). The van der Waals surface area contributed by atoms with Crippen LogP contribution in [-0.4, -0.2) is 20.4 Å². The van der Waals surface area contributed by atoms with Crippen LogP contribution in [0.15, 0.2) is 53.4 Å². The predicted octanol–water partition coefficient (Wildman–Crippen LogP) is 2.93. The summed E-state index contributed by atoms with van der Waals surface area (Å²) in [6.07, 6.45) is 0.930. The molecule has 0 bridgehead atoms. The summed E-state index contributed by atoms with van der Waals surface area (Å²) >= 11 is 0. The highest BCUT2D eigenvalue weighted by Gasteiger charge is 2.14. The average molecular weight is 375 g/mol. The van der Waals surface area contributed by atoms with Crippen LogP contribution in [0.25, 0.3) is 0 Å². The Labute approximate surface area is 155 Å². The fraction of sp³-hybridized carbons (Fsp3) is 0.350. The maximum Gasteiger partial charge on any atom is 0.240 e. The summed E-state index contributed by atoms with van der Waals surface area (Å²) in [6.45, 7) is 6.09. The smallest absolute Gasteiger partial charge is 0.240 e. The van der Waals surface area contributed by atoms with Crippen molar-refractivity contribution in [2.75, 3.05) is 0 Å². The Balaban J connectivity index is 1.84. The van der Waals surface area contributed by atoms with E-state index in [1.807, 2.05) is 31.2 Å². The van der Waals surface area contributed by atoms with E-state index in [0.29, 0.717) is 19.4 Å². The zero-order valence-corrected chi connectivity index (χ0v) is 16.3.